The molecule has 0 saturated heterocycles. The van der Waals surface area contributed by atoms with Crippen LogP contribution in [0.1, 0.15) is 38.8 Å². The molecule has 1 rings (SSSR count). The maximum atomic E-state index is 13.1. The van der Waals surface area contributed by atoms with E-state index in [2.05, 4.69) is 0 Å². The van der Waals surface area contributed by atoms with E-state index in [1.54, 1.807) is 0 Å². The van der Waals surface area contributed by atoms with Gasteiger partial charge in [0.2, 0.25) is 5.82 Å². The van der Waals surface area contributed by atoms with Crippen LogP contribution in [0.3, 0.4) is 0 Å². The number of nitro benzene ring substituents is 1. The van der Waals surface area contributed by atoms with Gasteiger partial charge in [-0.05, 0) is 19.4 Å². The average molecular weight is 245 g/mol. The molecule has 17 heavy (non-hydrogen) atoms. The second kappa shape index (κ2) is 8.50. The fraction of sp³-hybridized carbons (Fsp3) is 0.500. The van der Waals surface area contributed by atoms with E-state index >= 15 is 0 Å². The Bertz CT molecular complexity index is 379. The van der Waals surface area contributed by atoms with E-state index < -0.39 is 16.4 Å². The largest absolute Gasteiger partial charge is 0.507 e. The van der Waals surface area contributed by atoms with Crippen LogP contribution in [0.15, 0.2) is 6.07 Å². The topological polar surface area (TPSA) is 63.4 Å². The van der Waals surface area contributed by atoms with E-state index in [4.69, 9.17) is 0 Å². The van der Waals surface area contributed by atoms with Crippen molar-refractivity contribution in [1.82, 2.24) is 0 Å². The predicted octanol–water partition coefficient (Wildman–Crippen LogP) is 4.11. The summed E-state index contributed by atoms with van der Waals surface area (Å²) in [5.74, 6) is -1.21. The molecule has 0 saturated carbocycles. The first kappa shape index (κ1) is 17.7. The van der Waals surface area contributed by atoms with Crippen molar-refractivity contribution in [2.24, 2.45) is 0 Å². The Balaban J connectivity index is 0. The molecule has 0 radical (unpaired) electrons. The molecule has 1 aromatic carbocycles. The predicted molar refractivity (Wildman–Crippen MR) is 66.9 cm³/mol. The molecule has 0 aromatic heterocycles. The first-order chi connectivity index (χ1) is 7.95. The molecule has 1 N–H and O–H groups in total. The lowest BCUT2D eigenvalue weighted by atomic mass is 10.1. The number of hydrogen-bond donors (Lipinski definition) is 1. The molecule has 0 aliphatic rings. The minimum atomic E-state index is -0.979. The van der Waals surface area contributed by atoms with E-state index in [1.807, 2.05) is 27.7 Å². The Labute approximate surface area is 101 Å². The summed E-state index contributed by atoms with van der Waals surface area (Å²) in [6.07, 6.45) is 0. The van der Waals surface area contributed by atoms with Crippen molar-refractivity contribution in [3.63, 3.8) is 0 Å². The lowest BCUT2D eigenvalue weighted by Gasteiger charge is -2.03. The average Bonchev–Trinajstić information content (AvgIpc) is 2.35. The summed E-state index contributed by atoms with van der Waals surface area (Å²) in [7, 11) is 0. The monoisotopic (exact) mass is 245 g/mol. The van der Waals surface area contributed by atoms with Crippen LogP contribution in [0.25, 0.3) is 0 Å². The molecule has 0 spiro atoms. The van der Waals surface area contributed by atoms with Crippen LogP contribution in [-0.2, 0) is 0 Å². The molecule has 0 atom stereocenters. The third kappa shape index (κ3) is 4.38. The highest BCUT2D eigenvalue weighted by Gasteiger charge is 2.20. The van der Waals surface area contributed by atoms with Crippen molar-refractivity contribution >= 4 is 5.69 Å². The molecule has 0 heterocycles. The van der Waals surface area contributed by atoms with Crippen molar-refractivity contribution in [1.29, 1.82) is 0 Å². The molecule has 5 heteroatoms. The second-order valence-corrected chi connectivity index (χ2v) is 2.76. The third-order valence-corrected chi connectivity index (χ3v) is 1.83. The van der Waals surface area contributed by atoms with Gasteiger partial charge in [-0.2, -0.15) is 4.39 Å². The Hall–Kier alpha value is -1.65. The van der Waals surface area contributed by atoms with Crippen LogP contribution in [0.4, 0.5) is 10.1 Å². The molecule has 0 unspecified atom stereocenters. The normalized spacial score (nSPS) is 8.41. The quantitative estimate of drug-likeness (QED) is 0.598. The van der Waals surface area contributed by atoms with Gasteiger partial charge < -0.3 is 5.11 Å². The lowest BCUT2D eigenvalue weighted by molar-refractivity contribution is -0.387. The Morgan fingerprint density at radius 3 is 2.00 bits per heavy atom. The van der Waals surface area contributed by atoms with E-state index in [0.29, 0.717) is 5.56 Å². The first-order valence-electron chi connectivity index (χ1n) is 5.58. The fourth-order valence-corrected chi connectivity index (χ4v) is 1.06. The number of rotatable bonds is 1. The zero-order valence-electron chi connectivity index (χ0n) is 11.2. The number of hydrogen-bond acceptors (Lipinski definition) is 3. The molecule has 0 bridgehead atoms. The van der Waals surface area contributed by atoms with Crippen LogP contribution < -0.4 is 0 Å². The summed E-state index contributed by atoms with van der Waals surface area (Å²) in [5.41, 5.74) is -0.398. The van der Waals surface area contributed by atoms with E-state index in [1.165, 1.54) is 13.8 Å². The van der Waals surface area contributed by atoms with Crippen molar-refractivity contribution in [2.45, 2.75) is 41.5 Å². The first-order valence-corrected chi connectivity index (χ1v) is 5.58. The zero-order chi connectivity index (χ0) is 14.2. The van der Waals surface area contributed by atoms with Gasteiger partial charge in [0.1, 0.15) is 5.75 Å². The molecule has 1 aromatic rings. The minimum Gasteiger partial charge on any atom is -0.507 e. The van der Waals surface area contributed by atoms with E-state index in [0.717, 1.165) is 6.07 Å². The number of benzene rings is 1. The Kier molecular flexibility index (Phi) is 8.86. The van der Waals surface area contributed by atoms with Gasteiger partial charge in [-0.3, -0.25) is 10.1 Å². The van der Waals surface area contributed by atoms with Gasteiger partial charge in [0, 0.05) is 11.6 Å². The molecule has 98 valence electrons. The SMILES string of the molecule is CC.CC.Cc1cc([N+](=O)[O-])c(F)c(C)c1O. The number of phenols is 1. The van der Waals surface area contributed by atoms with Gasteiger partial charge in [-0.1, -0.05) is 27.7 Å². The van der Waals surface area contributed by atoms with Gasteiger partial charge in [0.15, 0.2) is 0 Å². The van der Waals surface area contributed by atoms with Crippen LogP contribution in [-0.4, -0.2) is 10.0 Å². The summed E-state index contributed by atoms with van der Waals surface area (Å²) in [4.78, 5) is 9.51. The number of aryl methyl sites for hydroxylation is 1. The van der Waals surface area contributed by atoms with Crippen LogP contribution in [0, 0.1) is 29.8 Å². The second-order valence-electron chi connectivity index (χ2n) is 2.76. The van der Waals surface area contributed by atoms with Gasteiger partial charge in [0.25, 0.3) is 0 Å². The standard InChI is InChI=1S/C8H8FNO3.2C2H6/c1-4-3-6(10(12)13)7(9)5(2)8(4)11;2*1-2/h3,11H,1-2H3;2*1-2H3. The van der Waals surface area contributed by atoms with Crippen LogP contribution in [0.5, 0.6) is 5.75 Å². The number of nitro groups is 1. The highest BCUT2D eigenvalue weighted by Crippen LogP contribution is 2.30. The summed E-state index contributed by atoms with van der Waals surface area (Å²) < 4.78 is 13.1. The van der Waals surface area contributed by atoms with Crippen molar-refractivity contribution in [2.75, 3.05) is 0 Å². The van der Waals surface area contributed by atoms with Gasteiger partial charge in [0.05, 0.1) is 4.92 Å². The van der Waals surface area contributed by atoms with Gasteiger partial charge >= 0.3 is 5.69 Å². The highest BCUT2D eigenvalue weighted by atomic mass is 19.1. The minimum absolute atomic E-state index is 0.0910. The Morgan fingerprint density at radius 2 is 1.65 bits per heavy atom. The van der Waals surface area contributed by atoms with Crippen molar-refractivity contribution in [3.05, 3.63) is 33.1 Å². The molecule has 0 aliphatic heterocycles. The van der Waals surface area contributed by atoms with Crippen molar-refractivity contribution < 1.29 is 14.4 Å². The zero-order valence-corrected chi connectivity index (χ0v) is 11.2. The van der Waals surface area contributed by atoms with Crippen LogP contribution >= 0.6 is 0 Å². The van der Waals surface area contributed by atoms with Gasteiger partial charge in [-0.15, -0.1) is 0 Å². The molecular weight excluding hydrogens is 225 g/mol. The molecule has 0 aliphatic carbocycles. The molecule has 0 amide bonds. The fourth-order valence-electron chi connectivity index (χ4n) is 1.06. The number of phenolic OH excluding ortho intramolecular Hbond substituents is 1. The lowest BCUT2D eigenvalue weighted by Crippen LogP contribution is -1.96. The maximum absolute atomic E-state index is 13.1. The summed E-state index contributed by atoms with van der Waals surface area (Å²) in [6.45, 7) is 10.8. The molecular formula is C12H20FNO3. The smallest absolute Gasteiger partial charge is 0.305 e. The maximum Gasteiger partial charge on any atom is 0.305 e. The summed E-state index contributed by atoms with van der Waals surface area (Å²) in [6, 6.07) is 1.01. The Morgan fingerprint density at radius 1 is 1.24 bits per heavy atom. The van der Waals surface area contributed by atoms with Gasteiger partial charge in [-0.25, -0.2) is 0 Å². The van der Waals surface area contributed by atoms with Crippen LogP contribution in [0.2, 0.25) is 0 Å². The molecule has 0 fully saturated rings. The number of aromatic hydroxyl groups is 1. The summed E-state index contributed by atoms with van der Waals surface area (Å²) >= 11 is 0. The third-order valence-electron chi connectivity index (χ3n) is 1.83. The molecule has 4 nitrogen and oxygen atoms in total. The number of halogens is 1. The summed E-state index contributed by atoms with van der Waals surface area (Å²) in [5, 5.41) is 19.6. The highest BCUT2D eigenvalue weighted by molar-refractivity contribution is 5.49. The van der Waals surface area contributed by atoms with E-state index in [9.17, 15) is 19.6 Å². The van der Waals surface area contributed by atoms with Crippen molar-refractivity contribution in [3.8, 4) is 5.75 Å². The van der Waals surface area contributed by atoms with E-state index in [-0.39, 0.29) is 11.3 Å². The number of nitrogens with zero attached hydrogens (tertiary/aromatic N) is 1.